The molecule has 140 valence electrons. The highest BCUT2D eigenvalue weighted by Crippen LogP contribution is 2.36. The highest BCUT2D eigenvalue weighted by atomic mass is 32.1. The van der Waals surface area contributed by atoms with Gasteiger partial charge in [-0.1, -0.05) is 30.3 Å². The number of anilines is 1. The molecule has 0 aliphatic carbocycles. The summed E-state index contributed by atoms with van der Waals surface area (Å²) in [5, 5.41) is 27.4. The van der Waals surface area contributed by atoms with Gasteiger partial charge in [-0.25, -0.2) is 9.97 Å². The van der Waals surface area contributed by atoms with Gasteiger partial charge in [-0.05, 0) is 23.3 Å². The Labute approximate surface area is 164 Å². The first-order chi connectivity index (χ1) is 13.6. The number of hydrogen-bond acceptors (Lipinski definition) is 7. The molecule has 7 nitrogen and oxygen atoms in total. The number of aliphatic hydroxyl groups is 1. The van der Waals surface area contributed by atoms with E-state index in [2.05, 4.69) is 15.3 Å². The van der Waals surface area contributed by atoms with Crippen molar-refractivity contribution in [1.29, 1.82) is 0 Å². The molecule has 1 unspecified atom stereocenters. The lowest BCUT2D eigenvalue weighted by Crippen LogP contribution is -2.13. The van der Waals surface area contributed by atoms with E-state index in [1.165, 1.54) is 18.5 Å². The summed E-state index contributed by atoms with van der Waals surface area (Å²) in [5.41, 5.74) is 2.69. The maximum Gasteiger partial charge on any atom is 0.269 e. The summed E-state index contributed by atoms with van der Waals surface area (Å²) < 4.78 is 0. The molecule has 0 spiro atoms. The lowest BCUT2D eigenvalue weighted by atomic mass is 10.1. The zero-order valence-corrected chi connectivity index (χ0v) is 15.5. The topological polar surface area (TPSA) is 101 Å². The Morgan fingerprint density at radius 3 is 2.57 bits per heavy atom. The van der Waals surface area contributed by atoms with Gasteiger partial charge in [0.2, 0.25) is 0 Å². The Hall–Kier alpha value is -3.36. The van der Waals surface area contributed by atoms with E-state index in [0.717, 1.165) is 21.3 Å². The van der Waals surface area contributed by atoms with Crippen LogP contribution in [-0.4, -0.2) is 26.5 Å². The molecule has 0 aliphatic heterocycles. The van der Waals surface area contributed by atoms with E-state index < -0.39 is 11.0 Å². The molecule has 2 heterocycles. The SMILES string of the molecule is O=[N+]([O-])c1ccc(C(O)CNc2ncnc3scc(-c4ccccc4)c23)cc1. The Kier molecular flexibility index (Phi) is 4.96. The first-order valence-electron chi connectivity index (χ1n) is 8.57. The monoisotopic (exact) mass is 392 g/mol. The van der Waals surface area contributed by atoms with E-state index in [-0.39, 0.29) is 12.2 Å². The predicted molar refractivity (Wildman–Crippen MR) is 109 cm³/mol. The molecule has 2 aromatic heterocycles. The number of fused-ring (bicyclic) bond motifs is 1. The molecule has 0 aliphatic rings. The van der Waals surface area contributed by atoms with Gasteiger partial charge in [0.1, 0.15) is 17.0 Å². The number of nitrogens with one attached hydrogen (secondary N) is 1. The van der Waals surface area contributed by atoms with Gasteiger partial charge in [0.15, 0.2) is 0 Å². The number of nitro groups is 1. The van der Waals surface area contributed by atoms with E-state index in [4.69, 9.17) is 0 Å². The van der Waals surface area contributed by atoms with E-state index >= 15 is 0 Å². The molecule has 28 heavy (non-hydrogen) atoms. The van der Waals surface area contributed by atoms with Crippen molar-refractivity contribution in [3.05, 3.63) is 82.0 Å². The van der Waals surface area contributed by atoms with Gasteiger partial charge in [-0.2, -0.15) is 0 Å². The molecule has 0 radical (unpaired) electrons. The minimum atomic E-state index is -0.829. The number of hydrogen-bond donors (Lipinski definition) is 2. The van der Waals surface area contributed by atoms with Gasteiger partial charge >= 0.3 is 0 Å². The first kappa shape index (κ1) is 18.0. The molecule has 4 rings (SSSR count). The summed E-state index contributed by atoms with van der Waals surface area (Å²) >= 11 is 1.54. The molecule has 0 saturated carbocycles. The van der Waals surface area contributed by atoms with Crippen LogP contribution >= 0.6 is 11.3 Å². The number of nitrogens with zero attached hydrogens (tertiary/aromatic N) is 3. The highest BCUT2D eigenvalue weighted by Gasteiger charge is 2.15. The number of rotatable bonds is 6. The third-order valence-corrected chi connectivity index (χ3v) is 5.29. The summed E-state index contributed by atoms with van der Waals surface area (Å²) in [7, 11) is 0. The minimum Gasteiger partial charge on any atom is -0.387 e. The lowest BCUT2D eigenvalue weighted by molar-refractivity contribution is -0.384. The summed E-state index contributed by atoms with van der Waals surface area (Å²) in [4.78, 5) is 19.8. The fraction of sp³-hybridized carbons (Fsp3) is 0.100. The van der Waals surface area contributed by atoms with E-state index in [1.807, 2.05) is 35.7 Å². The zero-order chi connectivity index (χ0) is 19.5. The Morgan fingerprint density at radius 2 is 1.86 bits per heavy atom. The quantitative estimate of drug-likeness (QED) is 0.372. The van der Waals surface area contributed by atoms with E-state index in [0.29, 0.717) is 11.4 Å². The van der Waals surface area contributed by atoms with Crippen LogP contribution in [0.4, 0.5) is 11.5 Å². The second-order valence-corrected chi connectivity index (χ2v) is 7.02. The van der Waals surface area contributed by atoms with Gasteiger partial charge < -0.3 is 10.4 Å². The number of aromatic nitrogens is 2. The second kappa shape index (κ2) is 7.71. The molecule has 2 aromatic carbocycles. The summed E-state index contributed by atoms with van der Waals surface area (Å²) in [6.45, 7) is 0.216. The van der Waals surface area contributed by atoms with Crippen LogP contribution in [0.1, 0.15) is 11.7 Å². The summed E-state index contributed by atoms with van der Waals surface area (Å²) in [6, 6.07) is 15.9. The summed E-state index contributed by atoms with van der Waals surface area (Å²) in [5.74, 6) is 0.645. The molecule has 0 fully saturated rings. The summed E-state index contributed by atoms with van der Waals surface area (Å²) in [6.07, 6.45) is 0.665. The number of aliphatic hydroxyl groups excluding tert-OH is 1. The predicted octanol–water partition coefficient (Wildman–Crippen LogP) is 4.41. The fourth-order valence-corrected chi connectivity index (χ4v) is 3.88. The average molecular weight is 392 g/mol. The Bertz CT molecular complexity index is 1110. The highest BCUT2D eigenvalue weighted by molar-refractivity contribution is 7.17. The van der Waals surface area contributed by atoms with E-state index in [1.54, 1.807) is 23.5 Å². The molecular weight excluding hydrogens is 376 g/mol. The number of thiophene rings is 1. The third-order valence-electron chi connectivity index (χ3n) is 4.41. The van der Waals surface area contributed by atoms with Gasteiger partial charge in [-0.15, -0.1) is 11.3 Å². The van der Waals surface area contributed by atoms with Crippen LogP contribution < -0.4 is 5.32 Å². The zero-order valence-electron chi connectivity index (χ0n) is 14.6. The lowest BCUT2D eigenvalue weighted by Gasteiger charge is -2.13. The van der Waals surface area contributed by atoms with Crippen molar-refractivity contribution < 1.29 is 10.0 Å². The largest absolute Gasteiger partial charge is 0.387 e. The third kappa shape index (κ3) is 3.55. The molecule has 0 amide bonds. The number of nitro benzene ring substituents is 1. The van der Waals surface area contributed by atoms with Gasteiger partial charge in [0.05, 0.1) is 16.4 Å². The molecule has 2 N–H and O–H groups in total. The van der Waals surface area contributed by atoms with Gasteiger partial charge in [0.25, 0.3) is 5.69 Å². The second-order valence-electron chi connectivity index (χ2n) is 6.16. The van der Waals surface area contributed by atoms with Crippen molar-refractivity contribution in [2.45, 2.75) is 6.10 Å². The van der Waals surface area contributed by atoms with Gasteiger partial charge in [-0.3, -0.25) is 10.1 Å². The maximum absolute atomic E-state index is 10.8. The Morgan fingerprint density at radius 1 is 1.11 bits per heavy atom. The molecule has 0 bridgehead atoms. The van der Waals surface area contributed by atoms with Crippen molar-refractivity contribution in [3.8, 4) is 11.1 Å². The molecule has 4 aromatic rings. The van der Waals surface area contributed by atoms with Crippen molar-refractivity contribution >= 4 is 33.1 Å². The smallest absolute Gasteiger partial charge is 0.269 e. The normalized spacial score (nSPS) is 12.0. The standard InChI is InChI=1S/C20H16N4O3S/c25-17(14-6-8-15(9-7-14)24(26)27)10-21-19-18-16(13-4-2-1-3-5-13)11-28-20(18)23-12-22-19/h1-9,11-12,17,25H,10H2,(H,21,22,23). The Balaban J connectivity index is 1.58. The van der Waals surface area contributed by atoms with Crippen LogP contribution in [0, 0.1) is 10.1 Å². The molecule has 8 heteroatoms. The van der Waals surface area contributed by atoms with Crippen LogP contribution in [0.3, 0.4) is 0 Å². The fourth-order valence-electron chi connectivity index (χ4n) is 2.97. The van der Waals surface area contributed by atoms with Crippen molar-refractivity contribution in [2.24, 2.45) is 0 Å². The van der Waals surface area contributed by atoms with Crippen LogP contribution in [0.2, 0.25) is 0 Å². The van der Waals surface area contributed by atoms with Gasteiger partial charge in [0, 0.05) is 29.6 Å². The first-order valence-corrected chi connectivity index (χ1v) is 9.45. The van der Waals surface area contributed by atoms with Crippen LogP contribution in [0.25, 0.3) is 21.3 Å². The minimum absolute atomic E-state index is 0.00723. The molecular formula is C20H16N4O3S. The molecule has 0 saturated heterocycles. The van der Waals surface area contributed by atoms with Crippen LogP contribution in [0.5, 0.6) is 0 Å². The van der Waals surface area contributed by atoms with Crippen LogP contribution in [0.15, 0.2) is 66.3 Å². The van der Waals surface area contributed by atoms with Crippen molar-refractivity contribution in [1.82, 2.24) is 9.97 Å². The molecule has 1 atom stereocenters. The van der Waals surface area contributed by atoms with E-state index in [9.17, 15) is 15.2 Å². The van der Waals surface area contributed by atoms with Crippen LogP contribution in [-0.2, 0) is 0 Å². The van der Waals surface area contributed by atoms with Crippen molar-refractivity contribution in [2.75, 3.05) is 11.9 Å². The number of benzene rings is 2. The number of non-ortho nitro benzene ring substituents is 1. The maximum atomic E-state index is 10.8. The average Bonchev–Trinajstić information content (AvgIpc) is 3.17. The van der Waals surface area contributed by atoms with Crippen molar-refractivity contribution in [3.63, 3.8) is 0 Å².